The average Bonchev–Trinajstić information content (AvgIpc) is 1.63. The first-order valence-corrected chi connectivity index (χ1v) is 3.14. The molecule has 0 aliphatic carbocycles. The maximum Gasteiger partial charge on any atom is 0.0638 e. The van der Waals surface area contributed by atoms with Crippen LogP contribution in [0.1, 0.15) is 6.92 Å². The highest BCUT2D eigenvalue weighted by Crippen LogP contribution is 1.85. The van der Waals surface area contributed by atoms with Gasteiger partial charge in [0, 0.05) is 13.1 Å². The first-order chi connectivity index (χ1) is 4.16. The number of rotatable bonds is 4. The minimum absolute atomic E-state index is 0.156. The largest absolute Gasteiger partial charge is 0.395 e. The highest BCUT2D eigenvalue weighted by Gasteiger charge is 1.99. The van der Waals surface area contributed by atoms with E-state index >= 15 is 0 Å². The second-order valence-corrected chi connectivity index (χ2v) is 2.33. The summed E-state index contributed by atoms with van der Waals surface area (Å²) < 4.78 is 0. The molecule has 0 saturated heterocycles. The van der Waals surface area contributed by atoms with Crippen LogP contribution in [0.2, 0.25) is 0 Å². The van der Waals surface area contributed by atoms with Crippen molar-refractivity contribution in [2.24, 2.45) is 0 Å². The van der Waals surface area contributed by atoms with E-state index in [0.29, 0.717) is 13.1 Å². The molecule has 0 heterocycles. The zero-order valence-electron chi connectivity index (χ0n) is 6.04. The van der Waals surface area contributed by atoms with Crippen LogP contribution in [-0.2, 0) is 0 Å². The molecule has 0 aromatic rings. The van der Waals surface area contributed by atoms with E-state index in [1.807, 2.05) is 11.9 Å². The van der Waals surface area contributed by atoms with Crippen LogP contribution in [0.4, 0.5) is 0 Å². The topological polar surface area (TPSA) is 43.7 Å². The monoisotopic (exact) mass is 133 g/mol. The molecule has 56 valence electrons. The third-order valence-corrected chi connectivity index (χ3v) is 1.06. The molecule has 2 N–H and O–H groups in total. The Morgan fingerprint density at radius 1 is 1.56 bits per heavy atom. The fraction of sp³-hybridized carbons (Fsp3) is 1.00. The van der Waals surface area contributed by atoms with Crippen molar-refractivity contribution in [3.8, 4) is 0 Å². The van der Waals surface area contributed by atoms with Crippen LogP contribution in [0.3, 0.4) is 0 Å². The van der Waals surface area contributed by atoms with Gasteiger partial charge in [0.2, 0.25) is 0 Å². The van der Waals surface area contributed by atoms with Crippen LogP contribution in [0, 0.1) is 0 Å². The van der Waals surface area contributed by atoms with Crippen molar-refractivity contribution in [2.45, 2.75) is 13.0 Å². The van der Waals surface area contributed by atoms with Crippen LogP contribution in [0.5, 0.6) is 0 Å². The van der Waals surface area contributed by atoms with Gasteiger partial charge in [-0.15, -0.1) is 0 Å². The number of aliphatic hydroxyl groups is 2. The number of hydrogen-bond donors (Lipinski definition) is 2. The van der Waals surface area contributed by atoms with Gasteiger partial charge in [-0.3, -0.25) is 0 Å². The first-order valence-electron chi connectivity index (χ1n) is 3.14. The lowest BCUT2D eigenvalue weighted by atomic mass is 10.4. The summed E-state index contributed by atoms with van der Waals surface area (Å²) in [5, 5.41) is 17.3. The van der Waals surface area contributed by atoms with Crippen molar-refractivity contribution in [2.75, 3.05) is 26.7 Å². The Morgan fingerprint density at radius 2 is 2.11 bits per heavy atom. The van der Waals surface area contributed by atoms with E-state index in [0.717, 1.165) is 0 Å². The lowest BCUT2D eigenvalue weighted by Crippen LogP contribution is -2.29. The molecule has 0 aromatic heterocycles. The Labute approximate surface area is 55.9 Å². The molecular weight excluding hydrogens is 118 g/mol. The summed E-state index contributed by atoms with van der Waals surface area (Å²) in [5.74, 6) is 0. The van der Waals surface area contributed by atoms with Crippen LogP contribution in [0.25, 0.3) is 0 Å². The summed E-state index contributed by atoms with van der Waals surface area (Å²) >= 11 is 0. The molecule has 9 heavy (non-hydrogen) atoms. The molecule has 0 unspecified atom stereocenters. The lowest BCUT2D eigenvalue weighted by molar-refractivity contribution is 0.127. The second kappa shape index (κ2) is 4.73. The molecule has 1 atom stereocenters. The normalized spacial score (nSPS) is 14.3. The van der Waals surface area contributed by atoms with Crippen LogP contribution < -0.4 is 0 Å². The van der Waals surface area contributed by atoms with Gasteiger partial charge in [0.15, 0.2) is 0 Å². The third kappa shape index (κ3) is 5.76. The van der Waals surface area contributed by atoms with E-state index < -0.39 is 0 Å². The Kier molecular flexibility index (Phi) is 4.67. The summed E-state index contributed by atoms with van der Waals surface area (Å²) in [6, 6.07) is 0. The molecule has 3 heteroatoms. The molecule has 3 nitrogen and oxygen atoms in total. The number of likely N-dealkylation sites (N-methyl/N-ethyl adjacent to an activating group) is 1. The number of nitrogens with zero attached hydrogens (tertiary/aromatic N) is 1. The first kappa shape index (κ1) is 8.88. The summed E-state index contributed by atoms with van der Waals surface area (Å²) in [7, 11) is 1.86. The molecule has 0 radical (unpaired) electrons. The Morgan fingerprint density at radius 3 is 2.44 bits per heavy atom. The maximum atomic E-state index is 8.83. The molecule has 0 rings (SSSR count). The quantitative estimate of drug-likeness (QED) is 0.532. The van der Waals surface area contributed by atoms with Gasteiger partial charge in [0.1, 0.15) is 0 Å². The van der Waals surface area contributed by atoms with E-state index in [1.165, 1.54) is 0 Å². The molecule has 0 aromatic carbocycles. The third-order valence-electron chi connectivity index (χ3n) is 1.06. The zero-order chi connectivity index (χ0) is 7.28. The number of aliphatic hydroxyl groups excluding tert-OH is 2. The SMILES string of the molecule is C[C@H](O)CN(C)CCO. The van der Waals surface area contributed by atoms with Gasteiger partial charge in [-0.25, -0.2) is 0 Å². The Hall–Kier alpha value is -0.120. The molecule has 0 aliphatic rings. The van der Waals surface area contributed by atoms with Gasteiger partial charge < -0.3 is 15.1 Å². The van der Waals surface area contributed by atoms with Crippen molar-refractivity contribution in [1.29, 1.82) is 0 Å². The van der Waals surface area contributed by atoms with E-state index in [-0.39, 0.29) is 12.7 Å². The van der Waals surface area contributed by atoms with E-state index in [2.05, 4.69) is 0 Å². The van der Waals surface area contributed by atoms with Crippen molar-refractivity contribution in [3.05, 3.63) is 0 Å². The summed E-state index contributed by atoms with van der Waals surface area (Å²) in [4.78, 5) is 1.88. The van der Waals surface area contributed by atoms with Gasteiger partial charge in [-0.2, -0.15) is 0 Å². The molecule has 0 bridgehead atoms. The molecule has 0 saturated carbocycles. The average molecular weight is 133 g/mol. The smallest absolute Gasteiger partial charge is 0.0638 e. The van der Waals surface area contributed by atoms with Gasteiger partial charge in [-0.05, 0) is 14.0 Å². The number of hydrogen-bond acceptors (Lipinski definition) is 3. The van der Waals surface area contributed by atoms with Gasteiger partial charge in [0.25, 0.3) is 0 Å². The molecule has 0 aliphatic heterocycles. The highest BCUT2D eigenvalue weighted by atomic mass is 16.3. The van der Waals surface area contributed by atoms with Gasteiger partial charge in [-0.1, -0.05) is 0 Å². The summed E-state index contributed by atoms with van der Waals surface area (Å²) in [6.07, 6.45) is -0.304. The van der Waals surface area contributed by atoms with Crippen LogP contribution >= 0.6 is 0 Å². The van der Waals surface area contributed by atoms with E-state index in [9.17, 15) is 0 Å². The summed E-state index contributed by atoms with van der Waals surface area (Å²) in [6.45, 7) is 3.14. The summed E-state index contributed by atoms with van der Waals surface area (Å²) in [5.41, 5.74) is 0. The minimum atomic E-state index is -0.304. The fourth-order valence-electron chi connectivity index (χ4n) is 0.713. The Bertz CT molecular complexity index is 66.1. The van der Waals surface area contributed by atoms with Gasteiger partial charge in [0.05, 0.1) is 12.7 Å². The second-order valence-electron chi connectivity index (χ2n) is 2.33. The van der Waals surface area contributed by atoms with Crippen LogP contribution in [0.15, 0.2) is 0 Å². The molecule has 0 amide bonds. The standard InChI is InChI=1S/C6H15NO2/c1-6(9)5-7(2)3-4-8/h6,8-9H,3-5H2,1-2H3/t6-/m0/s1. The van der Waals surface area contributed by atoms with Crippen molar-refractivity contribution in [3.63, 3.8) is 0 Å². The lowest BCUT2D eigenvalue weighted by Gasteiger charge is -2.15. The predicted molar refractivity (Wildman–Crippen MR) is 36.3 cm³/mol. The van der Waals surface area contributed by atoms with E-state index in [4.69, 9.17) is 10.2 Å². The molecule has 0 fully saturated rings. The zero-order valence-corrected chi connectivity index (χ0v) is 6.04. The minimum Gasteiger partial charge on any atom is -0.395 e. The molecular formula is C6H15NO2. The van der Waals surface area contributed by atoms with Gasteiger partial charge >= 0.3 is 0 Å². The van der Waals surface area contributed by atoms with Crippen molar-refractivity contribution < 1.29 is 10.2 Å². The van der Waals surface area contributed by atoms with Crippen LogP contribution in [-0.4, -0.2) is 48.0 Å². The maximum absolute atomic E-state index is 8.83. The van der Waals surface area contributed by atoms with E-state index in [1.54, 1.807) is 6.92 Å². The fourth-order valence-corrected chi connectivity index (χ4v) is 0.713. The Balaban J connectivity index is 3.15. The van der Waals surface area contributed by atoms with Crippen molar-refractivity contribution in [1.82, 2.24) is 4.90 Å². The molecule has 0 spiro atoms. The van der Waals surface area contributed by atoms with Crippen molar-refractivity contribution >= 4 is 0 Å². The predicted octanol–water partition coefficient (Wildman–Crippen LogP) is -0.709. The highest BCUT2D eigenvalue weighted by molar-refractivity contribution is 4.53.